The molecule has 0 saturated heterocycles. The molecule has 102 valence electrons. The average molecular weight is 267 g/mol. The van der Waals surface area contributed by atoms with Crippen LogP contribution in [0.4, 0.5) is 5.82 Å². The van der Waals surface area contributed by atoms with Gasteiger partial charge in [0, 0.05) is 17.8 Å². The minimum atomic E-state index is 0.318. The Morgan fingerprint density at radius 1 is 1.15 bits per heavy atom. The molecule has 0 amide bonds. The number of nitrogens with zero attached hydrogens (tertiary/aromatic N) is 2. The van der Waals surface area contributed by atoms with Crippen LogP contribution in [-0.4, -0.2) is 16.0 Å². The lowest BCUT2D eigenvalue weighted by Gasteiger charge is -2.15. The van der Waals surface area contributed by atoms with Crippen molar-refractivity contribution in [1.29, 1.82) is 0 Å². The van der Waals surface area contributed by atoms with E-state index in [1.165, 1.54) is 0 Å². The van der Waals surface area contributed by atoms with E-state index in [2.05, 4.69) is 22.2 Å². The summed E-state index contributed by atoms with van der Waals surface area (Å²) in [6, 6.07) is 12.3. The molecule has 0 fully saturated rings. The molecule has 0 saturated carbocycles. The van der Waals surface area contributed by atoms with Crippen LogP contribution in [0.15, 0.2) is 53.4 Å². The zero-order chi connectivity index (χ0) is 13.8. The molecule has 0 radical (unpaired) electrons. The van der Waals surface area contributed by atoms with E-state index < -0.39 is 0 Å². The number of hydrogen-bond acceptors (Lipinski definition) is 4. The fraction of sp³-hybridized carbons (Fsp3) is 0.250. The predicted octanol–water partition coefficient (Wildman–Crippen LogP) is 3.66. The van der Waals surface area contributed by atoms with Crippen LogP contribution in [0.3, 0.4) is 0 Å². The Morgan fingerprint density at radius 3 is 2.90 bits per heavy atom. The Kier molecular flexibility index (Phi) is 3.63. The third-order valence-electron chi connectivity index (χ3n) is 3.33. The lowest BCUT2D eigenvalue weighted by Crippen LogP contribution is -2.17. The lowest BCUT2D eigenvalue weighted by molar-refractivity contribution is 0.495. The van der Waals surface area contributed by atoms with E-state index in [4.69, 9.17) is 4.42 Å². The average Bonchev–Trinajstić information content (AvgIpc) is 2.99. The van der Waals surface area contributed by atoms with E-state index in [0.717, 1.165) is 35.3 Å². The van der Waals surface area contributed by atoms with E-state index in [-0.39, 0.29) is 0 Å². The first-order chi connectivity index (χ1) is 9.83. The van der Waals surface area contributed by atoms with Crippen LogP contribution in [-0.2, 0) is 6.42 Å². The molecule has 2 aromatic heterocycles. The van der Waals surface area contributed by atoms with Gasteiger partial charge in [0.05, 0.1) is 11.8 Å². The molecular formula is C16H17N3O. The molecule has 0 spiro atoms. The smallest absolute Gasteiger partial charge is 0.137 e. The van der Waals surface area contributed by atoms with Crippen molar-refractivity contribution in [2.45, 2.75) is 25.8 Å². The summed E-state index contributed by atoms with van der Waals surface area (Å²) in [7, 11) is 0. The second-order valence-electron chi connectivity index (χ2n) is 4.90. The van der Waals surface area contributed by atoms with Gasteiger partial charge in [-0.15, -0.1) is 0 Å². The van der Waals surface area contributed by atoms with Gasteiger partial charge in [0.25, 0.3) is 0 Å². The van der Waals surface area contributed by atoms with E-state index in [1.54, 1.807) is 12.6 Å². The molecule has 1 atom stereocenters. The van der Waals surface area contributed by atoms with Crippen LogP contribution < -0.4 is 5.32 Å². The van der Waals surface area contributed by atoms with Crippen molar-refractivity contribution in [1.82, 2.24) is 9.97 Å². The molecule has 20 heavy (non-hydrogen) atoms. The summed E-state index contributed by atoms with van der Waals surface area (Å²) in [5, 5.41) is 4.51. The Bertz CT molecular complexity index is 674. The zero-order valence-corrected chi connectivity index (χ0v) is 11.4. The first-order valence-electron chi connectivity index (χ1n) is 6.81. The highest BCUT2D eigenvalue weighted by atomic mass is 16.3. The van der Waals surface area contributed by atoms with Crippen LogP contribution in [0.2, 0.25) is 0 Å². The molecular weight excluding hydrogens is 250 g/mol. The number of aromatic nitrogens is 2. The maximum absolute atomic E-state index is 5.35. The SMILES string of the molecule is CC(CCc1ccco1)Nc1ncnc2ccccc12. The Hall–Kier alpha value is -2.36. The number of aryl methyl sites for hydroxylation is 1. The fourth-order valence-corrected chi connectivity index (χ4v) is 2.24. The van der Waals surface area contributed by atoms with Gasteiger partial charge in [-0.2, -0.15) is 0 Å². The third-order valence-corrected chi connectivity index (χ3v) is 3.33. The molecule has 3 aromatic rings. The highest BCUT2D eigenvalue weighted by molar-refractivity contribution is 5.88. The van der Waals surface area contributed by atoms with Crippen LogP contribution in [0.1, 0.15) is 19.1 Å². The quantitative estimate of drug-likeness (QED) is 0.766. The number of rotatable bonds is 5. The van der Waals surface area contributed by atoms with Gasteiger partial charge in [0.1, 0.15) is 17.9 Å². The van der Waals surface area contributed by atoms with E-state index in [9.17, 15) is 0 Å². The van der Waals surface area contributed by atoms with Crippen molar-refractivity contribution in [2.24, 2.45) is 0 Å². The first-order valence-corrected chi connectivity index (χ1v) is 6.81. The number of hydrogen-bond donors (Lipinski definition) is 1. The molecule has 1 N–H and O–H groups in total. The highest BCUT2D eigenvalue weighted by Gasteiger charge is 2.08. The minimum Gasteiger partial charge on any atom is -0.469 e. The van der Waals surface area contributed by atoms with E-state index in [1.807, 2.05) is 36.4 Å². The maximum Gasteiger partial charge on any atom is 0.137 e. The van der Waals surface area contributed by atoms with Gasteiger partial charge in [-0.1, -0.05) is 12.1 Å². The summed E-state index contributed by atoms with van der Waals surface area (Å²) in [5.74, 6) is 1.91. The summed E-state index contributed by atoms with van der Waals surface area (Å²) in [4.78, 5) is 8.62. The van der Waals surface area contributed by atoms with Gasteiger partial charge in [0.2, 0.25) is 0 Å². The maximum atomic E-state index is 5.35. The van der Waals surface area contributed by atoms with Crippen LogP contribution in [0, 0.1) is 0 Å². The summed E-state index contributed by atoms with van der Waals surface area (Å²) in [6.45, 7) is 2.15. The number of nitrogens with one attached hydrogen (secondary N) is 1. The van der Waals surface area contributed by atoms with Crippen molar-refractivity contribution in [2.75, 3.05) is 5.32 Å². The highest BCUT2D eigenvalue weighted by Crippen LogP contribution is 2.19. The molecule has 0 aliphatic rings. The standard InChI is InChI=1S/C16H17N3O/c1-12(8-9-13-5-4-10-20-13)19-16-14-6-2-3-7-15(14)17-11-18-16/h2-7,10-12H,8-9H2,1H3,(H,17,18,19). The number of fused-ring (bicyclic) bond motifs is 1. The van der Waals surface area contributed by atoms with E-state index >= 15 is 0 Å². The molecule has 2 heterocycles. The summed E-state index contributed by atoms with van der Waals surface area (Å²) in [5.41, 5.74) is 0.961. The monoisotopic (exact) mass is 267 g/mol. The lowest BCUT2D eigenvalue weighted by atomic mass is 10.1. The number of furan rings is 1. The molecule has 4 heteroatoms. The molecule has 4 nitrogen and oxygen atoms in total. The Morgan fingerprint density at radius 2 is 2.05 bits per heavy atom. The minimum absolute atomic E-state index is 0.318. The number of benzene rings is 1. The van der Waals surface area contributed by atoms with E-state index in [0.29, 0.717) is 6.04 Å². The van der Waals surface area contributed by atoms with Gasteiger partial charge < -0.3 is 9.73 Å². The van der Waals surface area contributed by atoms with Crippen LogP contribution >= 0.6 is 0 Å². The molecule has 0 aliphatic heterocycles. The normalized spacial score (nSPS) is 12.4. The van der Waals surface area contributed by atoms with Crippen molar-refractivity contribution < 1.29 is 4.42 Å². The van der Waals surface area contributed by atoms with Gasteiger partial charge in [-0.25, -0.2) is 9.97 Å². The molecule has 0 bridgehead atoms. The fourth-order valence-electron chi connectivity index (χ4n) is 2.24. The second kappa shape index (κ2) is 5.74. The summed E-state index contributed by atoms with van der Waals surface area (Å²) in [6.07, 6.45) is 5.23. The molecule has 1 aromatic carbocycles. The molecule has 0 aliphatic carbocycles. The summed E-state index contributed by atoms with van der Waals surface area (Å²) < 4.78 is 5.35. The topological polar surface area (TPSA) is 51.0 Å². The number of para-hydroxylation sites is 1. The Labute approximate surface area is 117 Å². The summed E-state index contributed by atoms with van der Waals surface area (Å²) >= 11 is 0. The zero-order valence-electron chi connectivity index (χ0n) is 11.4. The van der Waals surface area contributed by atoms with Crippen LogP contribution in [0.5, 0.6) is 0 Å². The Balaban J connectivity index is 1.69. The van der Waals surface area contributed by atoms with Gasteiger partial charge >= 0.3 is 0 Å². The van der Waals surface area contributed by atoms with Crippen molar-refractivity contribution in [3.8, 4) is 0 Å². The van der Waals surface area contributed by atoms with Gasteiger partial charge in [-0.3, -0.25) is 0 Å². The van der Waals surface area contributed by atoms with Crippen molar-refractivity contribution in [3.05, 3.63) is 54.7 Å². The predicted molar refractivity (Wildman–Crippen MR) is 79.7 cm³/mol. The third kappa shape index (κ3) is 2.79. The van der Waals surface area contributed by atoms with Crippen molar-refractivity contribution >= 4 is 16.7 Å². The number of anilines is 1. The van der Waals surface area contributed by atoms with Crippen molar-refractivity contribution in [3.63, 3.8) is 0 Å². The molecule has 1 unspecified atom stereocenters. The molecule has 3 rings (SSSR count). The van der Waals surface area contributed by atoms with Crippen LogP contribution in [0.25, 0.3) is 10.9 Å². The van der Waals surface area contributed by atoms with Gasteiger partial charge in [0.15, 0.2) is 0 Å². The first kappa shape index (κ1) is 12.7. The second-order valence-corrected chi connectivity index (χ2v) is 4.90. The van der Waals surface area contributed by atoms with Gasteiger partial charge in [-0.05, 0) is 37.6 Å². The largest absolute Gasteiger partial charge is 0.469 e.